The highest BCUT2D eigenvalue weighted by Gasteiger charge is 2.18. The van der Waals surface area contributed by atoms with E-state index in [1.54, 1.807) is 0 Å². The van der Waals surface area contributed by atoms with E-state index in [1.165, 1.54) is 0 Å². The molecule has 0 unspecified atom stereocenters. The van der Waals surface area contributed by atoms with Gasteiger partial charge in [-0.2, -0.15) is 0 Å². The molecule has 0 heterocycles. The molecule has 0 amide bonds. The first-order valence-corrected chi connectivity index (χ1v) is 8.03. The second-order valence-electron chi connectivity index (χ2n) is 5.77. The summed E-state index contributed by atoms with van der Waals surface area (Å²) in [5.41, 5.74) is 8.16. The largest absolute Gasteiger partial charge is 0.457 e. The minimum Gasteiger partial charge on any atom is -0.457 e. The minimum atomic E-state index is -0.653. The molecule has 3 nitrogen and oxygen atoms in total. The maximum atomic E-state index is 10.4. The van der Waals surface area contributed by atoms with E-state index in [0.717, 1.165) is 16.9 Å². The maximum absolute atomic E-state index is 10.4. The Balaban J connectivity index is 0.00000225. The van der Waals surface area contributed by atoms with Gasteiger partial charge in [-0.15, -0.1) is 12.4 Å². The zero-order valence-electron chi connectivity index (χ0n) is 13.8. The predicted octanol–water partition coefficient (Wildman–Crippen LogP) is 4.50. The van der Waals surface area contributed by atoms with Gasteiger partial charge in [-0.25, -0.2) is 0 Å². The van der Waals surface area contributed by atoms with E-state index in [0.29, 0.717) is 12.2 Å². The molecular formula is C21H22ClNO2. The van der Waals surface area contributed by atoms with Gasteiger partial charge >= 0.3 is 0 Å². The molecule has 0 bridgehead atoms. The molecule has 0 spiro atoms. The lowest BCUT2D eigenvalue weighted by Gasteiger charge is -2.20. The van der Waals surface area contributed by atoms with E-state index in [1.807, 2.05) is 84.9 Å². The molecule has 0 aliphatic carbocycles. The van der Waals surface area contributed by atoms with Crippen LogP contribution in [0.3, 0.4) is 0 Å². The van der Waals surface area contributed by atoms with Crippen LogP contribution in [0.15, 0.2) is 84.9 Å². The summed E-state index contributed by atoms with van der Waals surface area (Å²) in [6.07, 6.45) is -0.134. The lowest BCUT2D eigenvalue weighted by molar-refractivity contribution is 0.145. The lowest BCUT2D eigenvalue weighted by Crippen LogP contribution is -2.28. The summed E-state index contributed by atoms with van der Waals surface area (Å²) in [7, 11) is 0. The molecule has 0 aliphatic heterocycles. The number of hydrogen-bond acceptors (Lipinski definition) is 3. The average Bonchev–Trinajstić information content (AvgIpc) is 2.63. The van der Waals surface area contributed by atoms with Crippen LogP contribution >= 0.6 is 12.4 Å². The third-order valence-electron chi connectivity index (χ3n) is 3.92. The topological polar surface area (TPSA) is 55.5 Å². The van der Waals surface area contributed by atoms with Gasteiger partial charge in [-0.05, 0) is 35.4 Å². The number of aliphatic hydroxyl groups excluding tert-OH is 1. The van der Waals surface area contributed by atoms with E-state index in [-0.39, 0.29) is 12.4 Å². The first-order chi connectivity index (χ1) is 11.7. The fourth-order valence-corrected chi connectivity index (χ4v) is 2.61. The molecule has 4 heteroatoms. The molecule has 0 radical (unpaired) electrons. The number of para-hydroxylation sites is 1. The Morgan fingerprint density at radius 1 is 0.800 bits per heavy atom. The number of rotatable bonds is 6. The predicted molar refractivity (Wildman–Crippen MR) is 103 cm³/mol. The van der Waals surface area contributed by atoms with E-state index >= 15 is 0 Å². The number of nitrogens with two attached hydrogens (primary N) is 1. The van der Waals surface area contributed by atoms with Gasteiger partial charge in [0.2, 0.25) is 0 Å². The molecule has 0 aromatic heterocycles. The van der Waals surface area contributed by atoms with Crippen LogP contribution in [0, 0.1) is 0 Å². The minimum absolute atomic E-state index is 0. The highest BCUT2D eigenvalue weighted by Crippen LogP contribution is 2.25. The van der Waals surface area contributed by atoms with Crippen molar-refractivity contribution < 1.29 is 9.84 Å². The Bertz CT molecular complexity index is 765. The van der Waals surface area contributed by atoms with Gasteiger partial charge in [0, 0.05) is 6.42 Å². The number of halogens is 1. The molecule has 3 aromatic rings. The smallest absolute Gasteiger partial charge is 0.127 e. The van der Waals surface area contributed by atoms with Crippen molar-refractivity contribution in [2.75, 3.05) is 0 Å². The van der Waals surface area contributed by atoms with Crippen LogP contribution in [0.2, 0.25) is 0 Å². The number of benzene rings is 3. The molecule has 130 valence electrons. The standard InChI is InChI=1S/C21H21NO2.ClH/c22-21(20(23)14-16-8-3-1-4-9-16)17-10-7-13-19(15-17)24-18-11-5-2-6-12-18;/h1-13,15,20-21,23H,14,22H2;1H/t20-,21+;/m1./s1. The second-order valence-corrected chi connectivity index (χ2v) is 5.77. The monoisotopic (exact) mass is 355 g/mol. The summed E-state index contributed by atoms with van der Waals surface area (Å²) in [5, 5.41) is 10.4. The molecule has 0 aliphatic rings. The lowest BCUT2D eigenvalue weighted by atomic mass is 9.97. The number of hydrogen-bond donors (Lipinski definition) is 2. The van der Waals surface area contributed by atoms with Crippen LogP contribution < -0.4 is 10.5 Å². The molecule has 0 saturated heterocycles. The van der Waals surface area contributed by atoms with Gasteiger partial charge in [0.25, 0.3) is 0 Å². The van der Waals surface area contributed by atoms with Gasteiger partial charge in [-0.1, -0.05) is 60.7 Å². The Morgan fingerprint density at radius 3 is 2.08 bits per heavy atom. The van der Waals surface area contributed by atoms with E-state index in [9.17, 15) is 5.11 Å². The average molecular weight is 356 g/mol. The van der Waals surface area contributed by atoms with Crippen LogP contribution in [0.5, 0.6) is 11.5 Å². The van der Waals surface area contributed by atoms with Crippen molar-refractivity contribution in [2.24, 2.45) is 5.73 Å². The van der Waals surface area contributed by atoms with Crippen LogP contribution in [0.1, 0.15) is 17.2 Å². The summed E-state index contributed by atoms with van der Waals surface area (Å²) in [6, 6.07) is 26.6. The zero-order chi connectivity index (χ0) is 16.8. The number of ether oxygens (including phenoxy) is 1. The second kappa shape index (κ2) is 9.23. The van der Waals surface area contributed by atoms with Crippen molar-refractivity contribution in [1.82, 2.24) is 0 Å². The van der Waals surface area contributed by atoms with Crippen molar-refractivity contribution in [1.29, 1.82) is 0 Å². The zero-order valence-corrected chi connectivity index (χ0v) is 14.6. The third kappa shape index (κ3) is 5.33. The fraction of sp³-hybridized carbons (Fsp3) is 0.143. The molecular weight excluding hydrogens is 334 g/mol. The quantitative estimate of drug-likeness (QED) is 0.684. The van der Waals surface area contributed by atoms with E-state index in [2.05, 4.69) is 0 Å². The summed E-state index contributed by atoms with van der Waals surface area (Å²) in [5.74, 6) is 1.48. The molecule has 3 aromatic carbocycles. The number of aliphatic hydroxyl groups is 1. The van der Waals surface area contributed by atoms with Gasteiger partial charge in [0.05, 0.1) is 12.1 Å². The molecule has 25 heavy (non-hydrogen) atoms. The van der Waals surface area contributed by atoms with Crippen LogP contribution in [-0.2, 0) is 6.42 Å². The summed E-state index contributed by atoms with van der Waals surface area (Å²) >= 11 is 0. The van der Waals surface area contributed by atoms with Crippen molar-refractivity contribution in [3.8, 4) is 11.5 Å². The summed E-state index contributed by atoms with van der Waals surface area (Å²) in [6.45, 7) is 0. The van der Waals surface area contributed by atoms with Crippen molar-refractivity contribution in [2.45, 2.75) is 18.6 Å². The van der Waals surface area contributed by atoms with Gasteiger partial charge < -0.3 is 15.6 Å². The first-order valence-electron chi connectivity index (χ1n) is 8.03. The SMILES string of the molecule is Cl.N[C@@H](c1cccc(Oc2ccccc2)c1)[C@H](O)Cc1ccccc1. The van der Waals surface area contributed by atoms with E-state index < -0.39 is 12.1 Å². The van der Waals surface area contributed by atoms with Crippen molar-refractivity contribution >= 4 is 12.4 Å². The molecule has 3 N–H and O–H groups in total. The Kier molecular flexibility index (Phi) is 7.02. The Morgan fingerprint density at radius 2 is 1.40 bits per heavy atom. The molecule has 0 fully saturated rings. The Labute approximate surface area is 154 Å². The maximum Gasteiger partial charge on any atom is 0.127 e. The molecule has 2 atom stereocenters. The van der Waals surface area contributed by atoms with Crippen LogP contribution in [-0.4, -0.2) is 11.2 Å². The van der Waals surface area contributed by atoms with Crippen molar-refractivity contribution in [3.05, 3.63) is 96.1 Å². The Hall–Kier alpha value is -2.33. The van der Waals surface area contributed by atoms with Crippen LogP contribution in [0.4, 0.5) is 0 Å². The first kappa shape index (κ1) is 19.0. The highest BCUT2D eigenvalue weighted by atomic mass is 35.5. The summed E-state index contributed by atoms with van der Waals surface area (Å²) in [4.78, 5) is 0. The molecule has 3 rings (SSSR count). The third-order valence-corrected chi connectivity index (χ3v) is 3.92. The summed E-state index contributed by atoms with van der Waals surface area (Å²) < 4.78 is 5.83. The van der Waals surface area contributed by atoms with Gasteiger partial charge in [0.1, 0.15) is 11.5 Å². The van der Waals surface area contributed by atoms with E-state index in [4.69, 9.17) is 10.5 Å². The van der Waals surface area contributed by atoms with Gasteiger partial charge in [-0.3, -0.25) is 0 Å². The highest BCUT2D eigenvalue weighted by molar-refractivity contribution is 5.85. The normalized spacial score (nSPS) is 12.7. The fourth-order valence-electron chi connectivity index (χ4n) is 2.61. The van der Waals surface area contributed by atoms with Crippen molar-refractivity contribution in [3.63, 3.8) is 0 Å². The van der Waals surface area contributed by atoms with Crippen LogP contribution in [0.25, 0.3) is 0 Å². The molecule has 0 saturated carbocycles. The van der Waals surface area contributed by atoms with Gasteiger partial charge in [0.15, 0.2) is 0 Å².